The van der Waals surface area contributed by atoms with Crippen LogP contribution in [0.25, 0.3) is 0 Å². The standard InChI is InChI=1S/C30H27NO3S/c1-3-29-27-11-7-8-12-28(27)30(31(29)35(32,33)26-19-13-22(2)14-20-26)24-15-17-25(18-16-24)34-21-23-9-5-4-6-10-23/h3-20,29-30H,1,21H2,2H3/t29-,30+/m0/s1. The molecule has 0 amide bonds. The number of ether oxygens (including phenoxy) is 1. The third-order valence-electron chi connectivity index (χ3n) is 6.40. The molecule has 4 nitrogen and oxygen atoms in total. The highest BCUT2D eigenvalue weighted by Crippen LogP contribution is 2.49. The van der Waals surface area contributed by atoms with Crippen LogP contribution in [0.3, 0.4) is 0 Å². The number of hydrogen-bond donors (Lipinski definition) is 0. The van der Waals surface area contributed by atoms with Crippen LogP contribution in [0, 0.1) is 6.92 Å². The zero-order valence-corrected chi connectivity index (χ0v) is 20.4. The second-order valence-electron chi connectivity index (χ2n) is 8.70. The quantitative estimate of drug-likeness (QED) is 0.280. The summed E-state index contributed by atoms with van der Waals surface area (Å²) in [5, 5.41) is 0. The molecule has 0 N–H and O–H groups in total. The summed E-state index contributed by atoms with van der Waals surface area (Å²) in [6.07, 6.45) is 1.71. The number of hydrogen-bond acceptors (Lipinski definition) is 3. The molecule has 2 atom stereocenters. The Bertz CT molecular complexity index is 1430. The van der Waals surface area contributed by atoms with E-state index in [1.54, 1.807) is 22.5 Å². The van der Waals surface area contributed by atoms with Gasteiger partial charge in [0, 0.05) is 0 Å². The lowest BCUT2D eigenvalue weighted by molar-refractivity contribution is 0.305. The van der Waals surface area contributed by atoms with E-state index in [9.17, 15) is 8.42 Å². The monoisotopic (exact) mass is 481 g/mol. The predicted octanol–water partition coefficient (Wildman–Crippen LogP) is 6.60. The Hall–Kier alpha value is -3.67. The molecule has 1 aliphatic heterocycles. The molecule has 0 bridgehead atoms. The van der Waals surface area contributed by atoms with Gasteiger partial charge in [-0.05, 0) is 53.4 Å². The Labute approximate surface area is 207 Å². The maximum absolute atomic E-state index is 13.9. The van der Waals surface area contributed by atoms with Gasteiger partial charge in [-0.25, -0.2) is 8.42 Å². The van der Waals surface area contributed by atoms with Crippen LogP contribution in [-0.4, -0.2) is 12.7 Å². The summed E-state index contributed by atoms with van der Waals surface area (Å²) < 4.78 is 35.4. The minimum atomic E-state index is -3.81. The summed E-state index contributed by atoms with van der Waals surface area (Å²) >= 11 is 0. The number of rotatable bonds is 7. The van der Waals surface area contributed by atoms with Crippen molar-refractivity contribution in [2.45, 2.75) is 30.5 Å². The Morgan fingerprint density at radius 2 is 1.46 bits per heavy atom. The summed E-state index contributed by atoms with van der Waals surface area (Å²) in [7, 11) is -3.81. The van der Waals surface area contributed by atoms with Crippen molar-refractivity contribution in [1.82, 2.24) is 4.31 Å². The first-order valence-electron chi connectivity index (χ1n) is 11.6. The van der Waals surface area contributed by atoms with Crippen LogP contribution in [0.15, 0.2) is 121 Å². The molecule has 176 valence electrons. The molecule has 1 heterocycles. The van der Waals surface area contributed by atoms with Crippen LogP contribution in [-0.2, 0) is 16.6 Å². The van der Waals surface area contributed by atoms with Gasteiger partial charge in [0.25, 0.3) is 0 Å². The van der Waals surface area contributed by atoms with Crippen molar-refractivity contribution >= 4 is 10.0 Å². The minimum Gasteiger partial charge on any atom is -0.489 e. The molecule has 35 heavy (non-hydrogen) atoms. The fourth-order valence-electron chi connectivity index (χ4n) is 4.63. The summed E-state index contributed by atoms with van der Waals surface area (Å²) in [5.41, 5.74) is 4.89. The molecule has 4 aromatic rings. The van der Waals surface area contributed by atoms with E-state index in [0.717, 1.165) is 33.6 Å². The second-order valence-corrected chi connectivity index (χ2v) is 10.5. The van der Waals surface area contributed by atoms with Crippen molar-refractivity contribution in [2.24, 2.45) is 0 Å². The average molecular weight is 482 g/mol. The van der Waals surface area contributed by atoms with Crippen LogP contribution >= 0.6 is 0 Å². The third kappa shape index (κ3) is 4.41. The minimum absolute atomic E-state index is 0.274. The Morgan fingerprint density at radius 3 is 2.11 bits per heavy atom. The first kappa shape index (κ1) is 23.1. The average Bonchev–Trinajstić information content (AvgIpc) is 3.24. The number of fused-ring (bicyclic) bond motifs is 1. The molecule has 0 saturated heterocycles. The second kappa shape index (κ2) is 9.53. The molecule has 5 rings (SSSR count). The van der Waals surface area contributed by atoms with Crippen molar-refractivity contribution in [3.05, 3.63) is 144 Å². The van der Waals surface area contributed by atoms with Gasteiger partial charge in [-0.3, -0.25) is 0 Å². The number of nitrogens with zero attached hydrogens (tertiary/aromatic N) is 1. The van der Waals surface area contributed by atoms with E-state index in [2.05, 4.69) is 6.58 Å². The van der Waals surface area contributed by atoms with Gasteiger partial charge in [-0.2, -0.15) is 4.31 Å². The number of benzene rings is 4. The SMILES string of the molecule is C=C[C@H]1c2ccccc2[C@@H](c2ccc(OCc3ccccc3)cc2)N1S(=O)(=O)c1ccc(C)cc1. The molecule has 0 radical (unpaired) electrons. The van der Waals surface area contributed by atoms with Crippen molar-refractivity contribution in [2.75, 3.05) is 0 Å². The van der Waals surface area contributed by atoms with Gasteiger partial charge in [0.15, 0.2) is 0 Å². The zero-order chi connectivity index (χ0) is 24.4. The van der Waals surface area contributed by atoms with Crippen molar-refractivity contribution in [3.8, 4) is 5.75 Å². The van der Waals surface area contributed by atoms with Crippen LogP contribution in [0.5, 0.6) is 5.75 Å². The van der Waals surface area contributed by atoms with Crippen LogP contribution < -0.4 is 4.74 Å². The molecule has 5 heteroatoms. The van der Waals surface area contributed by atoms with Crippen LogP contribution in [0.1, 0.15) is 39.9 Å². The zero-order valence-electron chi connectivity index (χ0n) is 19.5. The summed E-state index contributed by atoms with van der Waals surface area (Å²) in [6, 6.07) is 31.6. The normalized spacial score (nSPS) is 17.6. The van der Waals surface area contributed by atoms with Gasteiger partial charge in [-0.1, -0.05) is 90.5 Å². The Balaban J connectivity index is 1.52. The maximum Gasteiger partial charge on any atom is 0.244 e. The summed E-state index contributed by atoms with van der Waals surface area (Å²) in [6.45, 7) is 6.40. The molecule has 0 fully saturated rings. The largest absolute Gasteiger partial charge is 0.489 e. The Morgan fingerprint density at radius 1 is 0.829 bits per heavy atom. The number of sulfonamides is 1. The Kier molecular flexibility index (Phi) is 6.29. The highest BCUT2D eigenvalue weighted by atomic mass is 32.2. The number of aryl methyl sites for hydroxylation is 1. The molecule has 0 aliphatic carbocycles. The molecule has 0 spiro atoms. The fourth-order valence-corrected chi connectivity index (χ4v) is 6.36. The van der Waals surface area contributed by atoms with E-state index in [1.807, 2.05) is 97.9 Å². The van der Waals surface area contributed by atoms with E-state index < -0.39 is 22.1 Å². The van der Waals surface area contributed by atoms with E-state index in [-0.39, 0.29) is 4.90 Å². The van der Waals surface area contributed by atoms with Crippen molar-refractivity contribution in [3.63, 3.8) is 0 Å². The molecule has 0 saturated carbocycles. The third-order valence-corrected chi connectivity index (χ3v) is 8.26. The lowest BCUT2D eigenvalue weighted by Gasteiger charge is -2.29. The van der Waals surface area contributed by atoms with Gasteiger partial charge in [0.2, 0.25) is 10.0 Å². The van der Waals surface area contributed by atoms with E-state index >= 15 is 0 Å². The predicted molar refractivity (Wildman–Crippen MR) is 139 cm³/mol. The van der Waals surface area contributed by atoms with E-state index in [4.69, 9.17) is 4.74 Å². The molecular formula is C30H27NO3S. The van der Waals surface area contributed by atoms with Gasteiger partial charge >= 0.3 is 0 Å². The van der Waals surface area contributed by atoms with E-state index in [0.29, 0.717) is 6.61 Å². The van der Waals surface area contributed by atoms with Crippen molar-refractivity contribution < 1.29 is 13.2 Å². The van der Waals surface area contributed by atoms with E-state index in [1.165, 1.54) is 0 Å². The molecular weight excluding hydrogens is 454 g/mol. The van der Waals surface area contributed by atoms with Gasteiger partial charge in [-0.15, -0.1) is 6.58 Å². The van der Waals surface area contributed by atoms with Crippen LogP contribution in [0.2, 0.25) is 0 Å². The first-order valence-corrected chi connectivity index (χ1v) is 13.0. The summed E-state index contributed by atoms with van der Waals surface area (Å²) in [4.78, 5) is 0.274. The lowest BCUT2D eigenvalue weighted by Crippen LogP contribution is -2.33. The lowest BCUT2D eigenvalue weighted by atomic mass is 9.97. The fraction of sp³-hybridized carbons (Fsp3) is 0.133. The van der Waals surface area contributed by atoms with Crippen LogP contribution in [0.4, 0.5) is 0 Å². The molecule has 1 aliphatic rings. The molecule has 0 aromatic heterocycles. The topological polar surface area (TPSA) is 46.6 Å². The molecule has 4 aromatic carbocycles. The van der Waals surface area contributed by atoms with Gasteiger partial charge < -0.3 is 4.74 Å². The first-order chi connectivity index (χ1) is 17.0. The maximum atomic E-state index is 13.9. The smallest absolute Gasteiger partial charge is 0.244 e. The van der Waals surface area contributed by atoms with Gasteiger partial charge in [0.05, 0.1) is 17.0 Å². The van der Waals surface area contributed by atoms with Gasteiger partial charge in [0.1, 0.15) is 12.4 Å². The summed E-state index contributed by atoms with van der Waals surface area (Å²) in [5.74, 6) is 0.733. The molecule has 0 unspecified atom stereocenters. The highest BCUT2D eigenvalue weighted by Gasteiger charge is 2.45. The van der Waals surface area contributed by atoms with Crippen molar-refractivity contribution in [1.29, 1.82) is 0 Å². The highest BCUT2D eigenvalue weighted by molar-refractivity contribution is 7.89.